The Morgan fingerprint density at radius 1 is 0.256 bits per heavy atom. The van der Waals surface area contributed by atoms with Gasteiger partial charge >= 0.3 is 17.9 Å². The zero-order valence-corrected chi connectivity index (χ0v) is 53.7. The minimum absolute atomic E-state index is 0.0867. The van der Waals surface area contributed by atoms with Crippen LogP contribution in [0.1, 0.15) is 323 Å². The van der Waals surface area contributed by atoms with E-state index in [1.807, 2.05) is 0 Å². The van der Waals surface area contributed by atoms with Crippen molar-refractivity contribution in [3.8, 4) is 0 Å². The summed E-state index contributed by atoms with van der Waals surface area (Å²) in [6, 6.07) is 0. The summed E-state index contributed by atoms with van der Waals surface area (Å²) in [4.78, 5) is 38.5. The van der Waals surface area contributed by atoms with E-state index in [0.29, 0.717) is 19.3 Å². The molecule has 0 aromatic rings. The van der Waals surface area contributed by atoms with Crippen LogP contribution in [0.4, 0.5) is 0 Å². The Morgan fingerprint density at radius 2 is 0.476 bits per heavy atom. The van der Waals surface area contributed by atoms with E-state index in [-0.39, 0.29) is 31.1 Å². The molecule has 0 saturated heterocycles. The molecule has 0 aliphatic rings. The van der Waals surface area contributed by atoms with Crippen molar-refractivity contribution in [3.63, 3.8) is 0 Å². The van der Waals surface area contributed by atoms with Gasteiger partial charge in [-0.2, -0.15) is 0 Å². The molecule has 0 rings (SSSR count). The average Bonchev–Trinajstić information content (AvgIpc) is 3.47. The maximum atomic E-state index is 13.0. The highest BCUT2D eigenvalue weighted by atomic mass is 16.6. The van der Waals surface area contributed by atoms with Gasteiger partial charge in [0.1, 0.15) is 13.2 Å². The minimum Gasteiger partial charge on any atom is -0.462 e. The quantitative estimate of drug-likeness (QED) is 0.0261. The van der Waals surface area contributed by atoms with Gasteiger partial charge in [-0.3, -0.25) is 14.4 Å². The summed E-state index contributed by atoms with van der Waals surface area (Å²) in [5, 5.41) is 0. The van der Waals surface area contributed by atoms with Crippen molar-refractivity contribution in [1.29, 1.82) is 0 Å². The second kappa shape index (κ2) is 69.3. The summed E-state index contributed by atoms with van der Waals surface area (Å²) in [5.74, 6) is -0.899. The molecule has 0 aromatic carbocycles. The fourth-order valence-electron chi connectivity index (χ4n) is 9.57. The number of esters is 3. The molecule has 0 aliphatic heterocycles. The van der Waals surface area contributed by atoms with Crippen molar-refractivity contribution in [2.45, 2.75) is 329 Å². The van der Waals surface area contributed by atoms with Crippen molar-refractivity contribution in [3.05, 3.63) is 122 Å². The minimum atomic E-state index is -0.793. The summed E-state index contributed by atoms with van der Waals surface area (Å²) in [5.41, 5.74) is 0. The lowest BCUT2D eigenvalue weighted by atomic mass is 10.0. The van der Waals surface area contributed by atoms with Crippen molar-refractivity contribution >= 4 is 17.9 Å². The lowest BCUT2D eigenvalue weighted by Gasteiger charge is -2.18. The normalized spacial score (nSPS) is 12.9. The van der Waals surface area contributed by atoms with Crippen molar-refractivity contribution in [2.75, 3.05) is 13.2 Å². The van der Waals surface area contributed by atoms with E-state index in [1.165, 1.54) is 141 Å². The molecule has 0 spiro atoms. The molecule has 468 valence electrons. The molecule has 0 saturated carbocycles. The van der Waals surface area contributed by atoms with Crippen LogP contribution < -0.4 is 0 Å². The molecule has 1 unspecified atom stereocenters. The van der Waals surface area contributed by atoms with Crippen LogP contribution in [0.15, 0.2) is 122 Å². The Labute approximate surface area is 507 Å². The first-order valence-electron chi connectivity index (χ1n) is 34.5. The van der Waals surface area contributed by atoms with E-state index >= 15 is 0 Å². The van der Waals surface area contributed by atoms with Crippen LogP contribution in [0.3, 0.4) is 0 Å². The molecular weight excluding hydrogens is 1010 g/mol. The number of carbonyl (C=O) groups is 3. The van der Waals surface area contributed by atoms with Gasteiger partial charge in [0, 0.05) is 19.3 Å². The number of allylic oxidation sites excluding steroid dienone is 20. The van der Waals surface area contributed by atoms with Crippen molar-refractivity contribution < 1.29 is 28.6 Å². The van der Waals surface area contributed by atoms with Gasteiger partial charge < -0.3 is 14.2 Å². The SMILES string of the molecule is CC/C=C\C/C=C\C/C=C\C/C=C\CCCCCCCCCCCCCCCCC(=O)OCC(COC(=O)CCCCCCC/C=C\C/C=C\CCCCCC)OC(=O)CCCCCCCCCC/C=C\C/C=C\C/C=C\C/C=C\CC. The molecular formula is C76H128O6. The summed E-state index contributed by atoms with van der Waals surface area (Å²) >= 11 is 0. The molecule has 0 N–H and O–H groups in total. The highest BCUT2D eigenvalue weighted by Crippen LogP contribution is 2.17. The first-order chi connectivity index (χ1) is 40.5. The smallest absolute Gasteiger partial charge is 0.306 e. The third-order valence-electron chi connectivity index (χ3n) is 14.7. The Kier molecular flexibility index (Phi) is 65.8. The van der Waals surface area contributed by atoms with E-state index in [1.54, 1.807) is 0 Å². The van der Waals surface area contributed by atoms with Gasteiger partial charge in [-0.05, 0) is 128 Å². The third kappa shape index (κ3) is 66.6. The summed E-state index contributed by atoms with van der Waals surface area (Å²) in [6.07, 6.45) is 96.4. The molecule has 0 aliphatic carbocycles. The Morgan fingerprint density at radius 3 is 0.744 bits per heavy atom. The standard InChI is InChI=1S/C76H128O6/c1-4-7-10-13-16-19-22-25-28-31-33-35-36-37-38-39-40-42-43-45-48-51-54-57-60-63-66-69-75(78)81-72-73(71-80-74(77)68-65-62-59-56-53-50-47-30-27-24-21-18-15-12-9-6-3)82-76(79)70-67-64-61-58-55-52-49-46-44-41-34-32-29-26-23-20-17-14-11-8-5-2/h7-8,10-11,16-17,19-21,24-26,28-30,33-35,41,47,73H,4-6,9,12-15,18,22-23,27,31-32,36-40,42-46,48-72H2,1-3H3/b10-7-,11-8-,19-16-,20-17-,24-21-,28-25-,29-26-,35-33-,41-34-,47-30-. The number of hydrogen-bond acceptors (Lipinski definition) is 6. The van der Waals surface area contributed by atoms with Crippen LogP contribution in [-0.4, -0.2) is 37.2 Å². The van der Waals surface area contributed by atoms with Gasteiger partial charge in [-0.1, -0.05) is 296 Å². The summed E-state index contributed by atoms with van der Waals surface area (Å²) < 4.78 is 17.0. The van der Waals surface area contributed by atoms with Gasteiger partial charge in [0.25, 0.3) is 0 Å². The van der Waals surface area contributed by atoms with Crippen LogP contribution in [0.5, 0.6) is 0 Å². The molecule has 0 radical (unpaired) electrons. The summed E-state index contributed by atoms with van der Waals surface area (Å²) in [7, 11) is 0. The molecule has 0 bridgehead atoms. The second-order valence-corrected chi connectivity index (χ2v) is 22.7. The number of rotatable bonds is 62. The predicted octanol–water partition coefficient (Wildman–Crippen LogP) is 23.9. The van der Waals surface area contributed by atoms with Gasteiger partial charge in [-0.25, -0.2) is 0 Å². The molecule has 6 heteroatoms. The number of unbranched alkanes of at least 4 members (excludes halogenated alkanes) is 31. The van der Waals surface area contributed by atoms with E-state index in [0.717, 1.165) is 141 Å². The first-order valence-corrected chi connectivity index (χ1v) is 34.5. The van der Waals surface area contributed by atoms with Gasteiger partial charge in [0.2, 0.25) is 0 Å². The highest BCUT2D eigenvalue weighted by Gasteiger charge is 2.19. The highest BCUT2D eigenvalue weighted by molar-refractivity contribution is 5.71. The monoisotopic (exact) mass is 1140 g/mol. The molecule has 1 atom stereocenters. The van der Waals surface area contributed by atoms with E-state index in [2.05, 4.69) is 142 Å². The number of carbonyl (C=O) groups excluding carboxylic acids is 3. The zero-order valence-electron chi connectivity index (χ0n) is 53.7. The van der Waals surface area contributed by atoms with E-state index in [4.69, 9.17) is 14.2 Å². The van der Waals surface area contributed by atoms with Gasteiger partial charge in [0.15, 0.2) is 6.10 Å². The topological polar surface area (TPSA) is 78.9 Å². The third-order valence-corrected chi connectivity index (χ3v) is 14.7. The molecule has 0 aromatic heterocycles. The van der Waals surface area contributed by atoms with E-state index < -0.39 is 6.10 Å². The van der Waals surface area contributed by atoms with Crippen LogP contribution in [-0.2, 0) is 28.6 Å². The zero-order chi connectivity index (χ0) is 59.2. The van der Waals surface area contributed by atoms with Crippen LogP contribution in [0.25, 0.3) is 0 Å². The van der Waals surface area contributed by atoms with Crippen molar-refractivity contribution in [1.82, 2.24) is 0 Å². The van der Waals surface area contributed by atoms with Gasteiger partial charge in [0.05, 0.1) is 0 Å². The maximum absolute atomic E-state index is 13.0. The van der Waals surface area contributed by atoms with Crippen LogP contribution >= 0.6 is 0 Å². The Hall–Kier alpha value is -4.19. The largest absolute Gasteiger partial charge is 0.462 e. The molecule has 0 amide bonds. The molecule has 82 heavy (non-hydrogen) atoms. The van der Waals surface area contributed by atoms with Crippen LogP contribution in [0.2, 0.25) is 0 Å². The maximum Gasteiger partial charge on any atom is 0.306 e. The van der Waals surface area contributed by atoms with E-state index in [9.17, 15) is 14.4 Å². The fourth-order valence-corrected chi connectivity index (χ4v) is 9.57. The Bertz CT molecular complexity index is 1690. The summed E-state index contributed by atoms with van der Waals surface area (Å²) in [6.45, 7) is 6.41. The van der Waals surface area contributed by atoms with Crippen LogP contribution in [0, 0.1) is 0 Å². The number of hydrogen-bond donors (Lipinski definition) is 0. The lowest BCUT2D eigenvalue weighted by molar-refractivity contribution is -0.167. The molecule has 0 fully saturated rings. The first kappa shape index (κ1) is 77.8. The van der Waals surface area contributed by atoms with Crippen molar-refractivity contribution in [2.24, 2.45) is 0 Å². The Balaban J connectivity index is 4.35. The molecule has 6 nitrogen and oxygen atoms in total. The number of ether oxygens (including phenoxy) is 3. The van der Waals surface area contributed by atoms with Gasteiger partial charge in [-0.15, -0.1) is 0 Å². The fraction of sp³-hybridized carbons (Fsp3) is 0.697. The molecule has 0 heterocycles. The predicted molar refractivity (Wildman–Crippen MR) is 357 cm³/mol. The average molecular weight is 1140 g/mol. The second-order valence-electron chi connectivity index (χ2n) is 22.7. The lowest BCUT2D eigenvalue weighted by Crippen LogP contribution is -2.30.